The Balaban J connectivity index is 3.15. The largest absolute Gasteiger partial charge is 0.397 e. The zero-order valence-electron chi connectivity index (χ0n) is 5.04. The molecule has 1 aromatic heterocycles. The fourth-order valence-corrected chi connectivity index (χ4v) is 0.601. The van der Waals surface area contributed by atoms with Crippen molar-refractivity contribution < 1.29 is 0 Å². The lowest BCUT2D eigenvalue weighted by molar-refractivity contribution is 1.30. The van der Waals surface area contributed by atoms with Crippen LogP contribution >= 0.6 is 0 Å². The molecule has 0 saturated carbocycles. The minimum Gasteiger partial charge on any atom is -0.397 e. The van der Waals surface area contributed by atoms with Crippen LogP contribution in [0.15, 0.2) is 24.9 Å². The third-order valence-electron chi connectivity index (χ3n) is 1.06. The van der Waals surface area contributed by atoms with Crippen LogP contribution in [0.25, 0.3) is 6.08 Å². The molecule has 0 fully saturated rings. The van der Waals surface area contributed by atoms with E-state index in [1.54, 1.807) is 24.4 Å². The molecule has 0 aliphatic carbocycles. The van der Waals surface area contributed by atoms with E-state index >= 15 is 0 Å². The maximum absolute atomic E-state index is 5.50. The first-order valence-electron chi connectivity index (χ1n) is 2.67. The molecule has 46 valence electrons. The molecular weight excluding hydrogens is 112 g/mol. The Kier molecular flexibility index (Phi) is 1.49. The van der Waals surface area contributed by atoms with Gasteiger partial charge < -0.3 is 5.73 Å². The van der Waals surface area contributed by atoms with Crippen LogP contribution < -0.4 is 5.73 Å². The molecule has 1 heterocycles. The predicted octanol–water partition coefficient (Wildman–Crippen LogP) is 1.31. The Morgan fingerprint density at radius 2 is 2.44 bits per heavy atom. The van der Waals surface area contributed by atoms with Gasteiger partial charge in [0, 0.05) is 6.20 Å². The summed E-state index contributed by atoms with van der Waals surface area (Å²) < 4.78 is 0. The van der Waals surface area contributed by atoms with Gasteiger partial charge in [0.05, 0.1) is 11.4 Å². The lowest BCUT2D eigenvalue weighted by atomic mass is 10.3. The summed E-state index contributed by atoms with van der Waals surface area (Å²) in [5.41, 5.74) is 6.92. The predicted molar refractivity (Wildman–Crippen MR) is 38.7 cm³/mol. The number of nitrogens with two attached hydrogens (primary N) is 1. The van der Waals surface area contributed by atoms with E-state index in [0.29, 0.717) is 5.69 Å². The first-order chi connectivity index (χ1) is 4.34. The second-order valence-electron chi connectivity index (χ2n) is 1.68. The topological polar surface area (TPSA) is 38.9 Å². The highest BCUT2D eigenvalue weighted by Crippen LogP contribution is 2.06. The van der Waals surface area contributed by atoms with Gasteiger partial charge in [-0.3, -0.25) is 4.98 Å². The molecule has 0 aliphatic heterocycles. The fraction of sp³-hybridized carbons (Fsp3) is 0. The summed E-state index contributed by atoms with van der Waals surface area (Å²) >= 11 is 0. The Hall–Kier alpha value is -1.31. The molecule has 0 saturated heterocycles. The second-order valence-corrected chi connectivity index (χ2v) is 1.68. The molecular formula is C7H8N2. The highest BCUT2D eigenvalue weighted by Gasteiger charge is 1.89. The Morgan fingerprint density at radius 3 is 2.89 bits per heavy atom. The summed E-state index contributed by atoms with van der Waals surface area (Å²) in [6.07, 6.45) is 3.32. The zero-order valence-corrected chi connectivity index (χ0v) is 5.04. The van der Waals surface area contributed by atoms with Crippen LogP contribution in [0, 0.1) is 0 Å². The molecule has 0 aliphatic rings. The average Bonchev–Trinajstić information content (AvgIpc) is 1.89. The molecule has 0 bridgehead atoms. The molecule has 9 heavy (non-hydrogen) atoms. The molecule has 0 unspecified atom stereocenters. The smallest absolute Gasteiger partial charge is 0.0852 e. The lowest BCUT2D eigenvalue weighted by Crippen LogP contribution is -1.89. The van der Waals surface area contributed by atoms with E-state index in [1.807, 2.05) is 0 Å². The van der Waals surface area contributed by atoms with Gasteiger partial charge >= 0.3 is 0 Å². The van der Waals surface area contributed by atoms with Gasteiger partial charge in [-0.1, -0.05) is 6.58 Å². The first kappa shape index (κ1) is 5.82. The molecule has 0 aromatic carbocycles. The van der Waals surface area contributed by atoms with Crippen molar-refractivity contribution in [3.63, 3.8) is 0 Å². The van der Waals surface area contributed by atoms with E-state index in [2.05, 4.69) is 11.6 Å². The number of hydrogen-bond acceptors (Lipinski definition) is 2. The van der Waals surface area contributed by atoms with Crippen molar-refractivity contribution in [1.29, 1.82) is 0 Å². The number of nitrogen functional groups attached to an aromatic ring is 1. The summed E-state index contributed by atoms with van der Waals surface area (Å²) in [6.45, 7) is 3.55. The van der Waals surface area contributed by atoms with Crippen molar-refractivity contribution in [3.8, 4) is 0 Å². The molecule has 2 nitrogen and oxygen atoms in total. The number of pyridine rings is 1. The first-order valence-corrected chi connectivity index (χ1v) is 2.67. The molecule has 2 heteroatoms. The van der Waals surface area contributed by atoms with Crippen molar-refractivity contribution in [3.05, 3.63) is 30.6 Å². The van der Waals surface area contributed by atoms with E-state index in [0.717, 1.165) is 5.69 Å². The van der Waals surface area contributed by atoms with Gasteiger partial charge in [-0.2, -0.15) is 0 Å². The zero-order chi connectivity index (χ0) is 6.69. The molecule has 0 amide bonds. The highest BCUT2D eigenvalue weighted by atomic mass is 14.7. The molecule has 1 aromatic rings. The van der Waals surface area contributed by atoms with E-state index in [-0.39, 0.29) is 0 Å². The van der Waals surface area contributed by atoms with Gasteiger partial charge in [-0.05, 0) is 18.2 Å². The van der Waals surface area contributed by atoms with Crippen molar-refractivity contribution in [1.82, 2.24) is 4.98 Å². The normalized spacial score (nSPS) is 8.89. The molecule has 2 N–H and O–H groups in total. The third kappa shape index (κ3) is 1.08. The van der Waals surface area contributed by atoms with Crippen LogP contribution in [-0.2, 0) is 0 Å². The van der Waals surface area contributed by atoms with E-state index in [9.17, 15) is 0 Å². The summed E-state index contributed by atoms with van der Waals surface area (Å²) in [7, 11) is 0. The summed E-state index contributed by atoms with van der Waals surface area (Å²) in [5, 5.41) is 0. The third-order valence-corrected chi connectivity index (χ3v) is 1.06. The maximum atomic E-state index is 5.50. The SMILES string of the molecule is C=Cc1ncccc1N. The minimum absolute atomic E-state index is 0.674. The number of nitrogens with zero attached hydrogens (tertiary/aromatic N) is 1. The standard InChI is InChI=1S/C7H8N2/c1-2-7-6(8)4-3-5-9-7/h2-5H,1,8H2. The maximum Gasteiger partial charge on any atom is 0.0852 e. The number of hydrogen-bond donors (Lipinski definition) is 1. The van der Waals surface area contributed by atoms with Crippen LogP contribution in [0.4, 0.5) is 5.69 Å². The quantitative estimate of drug-likeness (QED) is 0.606. The van der Waals surface area contributed by atoms with Crippen LogP contribution in [0.3, 0.4) is 0 Å². The van der Waals surface area contributed by atoms with E-state index < -0.39 is 0 Å². The lowest BCUT2D eigenvalue weighted by Gasteiger charge is -1.94. The monoisotopic (exact) mass is 120 g/mol. The van der Waals surface area contributed by atoms with E-state index in [1.165, 1.54) is 0 Å². The minimum atomic E-state index is 0.674. The Bertz CT molecular complexity index is 218. The summed E-state index contributed by atoms with van der Waals surface area (Å²) in [4.78, 5) is 3.95. The molecule has 0 spiro atoms. The van der Waals surface area contributed by atoms with Crippen molar-refractivity contribution in [2.45, 2.75) is 0 Å². The van der Waals surface area contributed by atoms with Crippen LogP contribution in [-0.4, -0.2) is 4.98 Å². The van der Waals surface area contributed by atoms with Crippen LogP contribution in [0.1, 0.15) is 5.69 Å². The van der Waals surface area contributed by atoms with Crippen molar-refractivity contribution in [2.24, 2.45) is 0 Å². The van der Waals surface area contributed by atoms with Gasteiger partial charge in [0.15, 0.2) is 0 Å². The molecule has 0 radical (unpaired) electrons. The fourth-order valence-electron chi connectivity index (χ4n) is 0.601. The van der Waals surface area contributed by atoms with Crippen molar-refractivity contribution in [2.75, 3.05) is 5.73 Å². The van der Waals surface area contributed by atoms with Crippen molar-refractivity contribution >= 4 is 11.8 Å². The highest BCUT2D eigenvalue weighted by molar-refractivity contribution is 5.58. The van der Waals surface area contributed by atoms with Gasteiger partial charge in [0.2, 0.25) is 0 Å². The number of anilines is 1. The average molecular weight is 120 g/mol. The number of aromatic nitrogens is 1. The summed E-state index contributed by atoms with van der Waals surface area (Å²) in [5.74, 6) is 0. The Morgan fingerprint density at radius 1 is 1.67 bits per heavy atom. The summed E-state index contributed by atoms with van der Waals surface area (Å²) in [6, 6.07) is 3.59. The van der Waals surface area contributed by atoms with Gasteiger partial charge in [0.25, 0.3) is 0 Å². The number of rotatable bonds is 1. The molecule has 1 rings (SSSR count). The van der Waals surface area contributed by atoms with Gasteiger partial charge in [-0.25, -0.2) is 0 Å². The van der Waals surface area contributed by atoms with Gasteiger partial charge in [-0.15, -0.1) is 0 Å². The second kappa shape index (κ2) is 2.31. The Labute approximate surface area is 54.0 Å². The van der Waals surface area contributed by atoms with Crippen LogP contribution in [0.5, 0.6) is 0 Å². The van der Waals surface area contributed by atoms with Gasteiger partial charge in [0.1, 0.15) is 0 Å². The van der Waals surface area contributed by atoms with Crippen LogP contribution in [0.2, 0.25) is 0 Å². The molecule has 0 atom stereocenters. The van der Waals surface area contributed by atoms with E-state index in [4.69, 9.17) is 5.73 Å².